The Morgan fingerprint density at radius 3 is 2.67 bits per heavy atom. The molecule has 0 aliphatic heterocycles. The van der Waals surface area contributed by atoms with Crippen LogP contribution in [-0.4, -0.2) is 5.78 Å². The van der Waals surface area contributed by atoms with E-state index in [4.69, 9.17) is 27.6 Å². The van der Waals surface area contributed by atoms with Gasteiger partial charge in [-0.05, 0) is 29.8 Å². The lowest BCUT2D eigenvalue weighted by Crippen LogP contribution is -2.02. The van der Waals surface area contributed by atoms with Crippen LogP contribution >= 0.6 is 23.2 Å². The van der Waals surface area contributed by atoms with Gasteiger partial charge in [0.25, 0.3) is 0 Å². The standard InChI is InChI=1S/C16H9Cl2FO2/c17-11-5-4-9(12(18)8-11)6-14(20)15-7-10-2-1-3-13(19)16(10)21-15/h1-5,7-8H,6H2. The molecule has 0 spiro atoms. The van der Waals surface area contributed by atoms with Gasteiger partial charge in [-0.1, -0.05) is 41.4 Å². The summed E-state index contributed by atoms with van der Waals surface area (Å²) in [4.78, 5) is 12.2. The van der Waals surface area contributed by atoms with Crippen molar-refractivity contribution in [2.45, 2.75) is 6.42 Å². The summed E-state index contributed by atoms with van der Waals surface area (Å²) in [7, 11) is 0. The molecule has 0 saturated heterocycles. The topological polar surface area (TPSA) is 30.2 Å². The molecular weight excluding hydrogens is 314 g/mol. The average Bonchev–Trinajstić information content (AvgIpc) is 2.87. The van der Waals surface area contributed by atoms with Gasteiger partial charge in [0.1, 0.15) is 0 Å². The number of furan rings is 1. The second-order valence-corrected chi connectivity index (χ2v) is 5.45. The van der Waals surface area contributed by atoms with Gasteiger partial charge in [-0.2, -0.15) is 0 Å². The van der Waals surface area contributed by atoms with Crippen molar-refractivity contribution in [1.29, 1.82) is 0 Å². The molecule has 5 heteroatoms. The van der Waals surface area contributed by atoms with E-state index >= 15 is 0 Å². The molecule has 0 bridgehead atoms. The van der Waals surface area contributed by atoms with E-state index in [-0.39, 0.29) is 23.5 Å². The minimum absolute atomic E-state index is 0.0669. The normalized spacial score (nSPS) is 11.0. The molecule has 1 heterocycles. The highest BCUT2D eigenvalue weighted by Gasteiger charge is 2.16. The van der Waals surface area contributed by atoms with Crippen molar-refractivity contribution < 1.29 is 13.6 Å². The third kappa shape index (κ3) is 2.80. The molecule has 1 aromatic heterocycles. The van der Waals surface area contributed by atoms with Gasteiger partial charge in [0.15, 0.2) is 17.2 Å². The molecule has 106 valence electrons. The summed E-state index contributed by atoms with van der Waals surface area (Å²) in [6, 6.07) is 11.0. The number of benzene rings is 2. The predicted molar refractivity (Wildman–Crippen MR) is 80.7 cm³/mol. The minimum Gasteiger partial charge on any atom is -0.450 e. The van der Waals surface area contributed by atoms with Crippen molar-refractivity contribution in [2.75, 3.05) is 0 Å². The highest BCUT2D eigenvalue weighted by atomic mass is 35.5. The van der Waals surface area contributed by atoms with Crippen LogP contribution in [0.15, 0.2) is 46.9 Å². The van der Waals surface area contributed by atoms with Crippen LogP contribution in [0.1, 0.15) is 16.1 Å². The van der Waals surface area contributed by atoms with Gasteiger partial charge in [0.2, 0.25) is 5.78 Å². The maximum atomic E-state index is 13.6. The van der Waals surface area contributed by atoms with Gasteiger partial charge in [0, 0.05) is 21.9 Å². The predicted octanol–water partition coefficient (Wildman–Crippen LogP) is 5.30. The molecular formula is C16H9Cl2FO2. The number of Topliss-reactive ketones (excluding diaryl/α,β-unsaturated/α-hetero) is 1. The molecule has 3 aromatic rings. The summed E-state index contributed by atoms with van der Waals surface area (Å²) in [5, 5.41) is 1.47. The van der Waals surface area contributed by atoms with Crippen LogP contribution in [0.5, 0.6) is 0 Å². The quantitative estimate of drug-likeness (QED) is 0.612. The molecule has 3 rings (SSSR count). The van der Waals surface area contributed by atoms with E-state index in [1.54, 1.807) is 30.3 Å². The van der Waals surface area contributed by atoms with Crippen LogP contribution in [0.2, 0.25) is 10.0 Å². The minimum atomic E-state index is -0.490. The molecule has 0 saturated carbocycles. The van der Waals surface area contributed by atoms with Crippen molar-refractivity contribution in [1.82, 2.24) is 0 Å². The fourth-order valence-electron chi connectivity index (χ4n) is 2.09. The Morgan fingerprint density at radius 1 is 1.14 bits per heavy atom. The summed E-state index contributed by atoms with van der Waals surface area (Å²) >= 11 is 11.8. The highest BCUT2D eigenvalue weighted by Crippen LogP contribution is 2.25. The number of halogens is 3. The molecule has 2 aromatic carbocycles. The van der Waals surface area contributed by atoms with E-state index in [0.29, 0.717) is 21.0 Å². The van der Waals surface area contributed by atoms with Crippen LogP contribution in [0.25, 0.3) is 11.0 Å². The SMILES string of the molecule is O=C(Cc1ccc(Cl)cc1Cl)c1cc2cccc(F)c2o1. The number of rotatable bonds is 3. The summed E-state index contributed by atoms with van der Waals surface area (Å²) in [6.45, 7) is 0. The van der Waals surface area contributed by atoms with E-state index in [1.807, 2.05) is 0 Å². The maximum absolute atomic E-state index is 13.6. The molecule has 21 heavy (non-hydrogen) atoms. The van der Waals surface area contributed by atoms with Crippen LogP contribution < -0.4 is 0 Å². The Bertz CT molecular complexity index is 839. The lowest BCUT2D eigenvalue weighted by Gasteiger charge is -2.02. The maximum Gasteiger partial charge on any atom is 0.202 e. The average molecular weight is 323 g/mol. The van der Waals surface area contributed by atoms with E-state index in [0.717, 1.165) is 0 Å². The first kappa shape index (κ1) is 14.1. The van der Waals surface area contributed by atoms with Crippen LogP contribution in [0, 0.1) is 5.82 Å². The zero-order chi connectivity index (χ0) is 15.0. The van der Waals surface area contributed by atoms with Gasteiger partial charge in [0.05, 0.1) is 0 Å². The summed E-state index contributed by atoms with van der Waals surface area (Å²) in [6.07, 6.45) is 0.0669. The summed E-state index contributed by atoms with van der Waals surface area (Å²) in [5.74, 6) is -0.646. The fourth-order valence-corrected chi connectivity index (χ4v) is 2.57. The largest absolute Gasteiger partial charge is 0.450 e. The first-order chi connectivity index (χ1) is 10.0. The lowest BCUT2D eigenvalue weighted by molar-refractivity contribution is 0.0968. The molecule has 0 radical (unpaired) electrons. The van der Waals surface area contributed by atoms with Crippen molar-refractivity contribution in [2.24, 2.45) is 0 Å². The monoisotopic (exact) mass is 322 g/mol. The zero-order valence-electron chi connectivity index (χ0n) is 10.7. The Labute approximate surface area is 130 Å². The number of para-hydroxylation sites is 1. The molecule has 2 nitrogen and oxygen atoms in total. The third-order valence-corrected chi connectivity index (χ3v) is 3.72. The van der Waals surface area contributed by atoms with Crippen LogP contribution in [0.3, 0.4) is 0 Å². The van der Waals surface area contributed by atoms with Crippen molar-refractivity contribution >= 4 is 40.0 Å². The van der Waals surface area contributed by atoms with E-state index in [1.165, 1.54) is 12.1 Å². The zero-order valence-corrected chi connectivity index (χ0v) is 12.2. The number of hydrogen-bond acceptors (Lipinski definition) is 2. The van der Waals surface area contributed by atoms with Gasteiger partial charge in [-0.3, -0.25) is 4.79 Å². The van der Waals surface area contributed by atoms with Gasteiger partial charge in [-0.15, -0.1) is 0 Å². The molecule has 0 fully saturated rings. The first-order valence-electron chi connectivity index (χ1n) is 6.20. The second kappa shape index (κ2) is 5.51. The van der Waals surface area contributed by atoms with E-state index in [2.05, 4.69) is 0 Å². The number of carbonyl (C=O) groups is 1. The molecule has 0 aliphatic rings. The number of carbonyl (C=O) groups excluding carboxylic acids is 1. The van der Waals surface area contributed by atoms with E-state index < -0.39 is 5.82 Å². The molecule has 0 amide bonds. The van der Waals surface area contributed by atoms with Crippen molar-refractivity contribution in [3.63, 3.8) is 0 Å². The van der Waals surface area contributed by atoms with Gasteiger partial charge >= 0.3 is 0 Å². The van der Waals surface area contributed by atoms with Crippen molar-refractivity contribution in [3.8, 4) is 0 Å². The number of fused-ring (bicyclic) bond motifs is 1. The third-order valence-electron chi connectivity index (χ3n) is 3.14. The Morgan fingerprint density at radius 2 is 1.95 bits per heavy atom. The smallest absolute Gasteiger partial charge is 0.202 e. The number of hydrogen-bond donors (Lipinski definition) is 0. The Balaban J connectivity index is 1.92. The second-order valence-electron chi connectivity index (χ2n) is 4.60. The Kier molecular flexibility index (Phi) is 3.70. The Hall–Kier alpha value is -1.84. The molecule has 0 atom stereocenters. The van der Waals surface area contributed by atoms with Crippen LogP contribution in [-0.2, 0) is 6.42 Å². The van der Waals surface area contributed by atoms with Crippen LogP contribution in [0.4, 0.5) is 4.39 Å². The first-order valence-corrected chi connectivity index (χ1v) is 6.95. The van der Waals surface area contributed by atoms with Gasteiger partial charge < -0.3 is 4.42 Å². The molecule has 0 unspecified atom stereocenters. The summed E-state index contributed by atoms with van der Waals surface area (Å²) < 4.78 is 18.9. The molecule has 0 aliphatic carbocycles. The number of ketones is 1. The van der Waals surface area contributed by atoms with Crippen molar-refractivity contribution in [3.05, 3.63) is 69.7 Å². The molecule has 0 N–H and O–H groups in total. The van der Waals surface area contributed by atoms with Gasteiger partial charge in [-0.25, -0.2) is 4.39 Å². The fraction of sp³-hybridized carbons (Fsp3) is 0.0625. The van der Waals surface area contributed by atoms with E-state index in [9.17, 15) is 9.18 Å². The lowest BCUT2D eigenvalue weighted by atomic mass is 10.1. The highest BCUT2D eigenvalue weighted by molar-refractivity contribution is 6.35. The summed E-state index contributed by atoms with van der Waals surface area (Å²) in [5.41, 5.74) is 0.732.